The second kappa shape index (κ2) is 7.94. The van der Waals surface area contributed by atoms with Crippen molar-refractivity contribution >= 4 is 28.2 Å². The van der Waals surface area contributed by atoms with E-state index in [4.69, 9.17) is 0 Å². The van der Waals surface area contributed by atoms with Crippen LogP contribution in [0, 0.1) is 0 Å². The van der Waals surface area contributed by atoms with E-state index in [0.29, 0.717) is 35.2 Å². The third kappa shape index (κ3) is 3.28. The molecule has 0 N–H and O–H groups in total. The number of carbonyl (C=O) groups excluding carboxylic acids is 2. The number of para-hydroxylation sites is 1. The molecule has 4 aromatic rings. The molecular formula is C23H22N4O3. The molecule has 7 heteroatoms. The van der Waals surface area contributed by atoms with Gasteiger partial charge in [0.1, 0.15) is 12.2 Å². The zero-order chi connectivity index (χ0) is 21.3. The van der Waals surface area contributed by atoms with Gasteiger partial charge in [-0.3, -0.25) is 18.6 Å². The molecule has 30 heavy (non-hydrogen) atoms. The smallest absolute Gasteiger partial charge is 0.334 e. The standard InChI is InChI=1S/C23H22N4O3/c1-3-25(4-2)20(28)15-26-19-13-9-8-12-17(19)22-24-18(14-27(22)23(26)30)21(29)16-10-6-5-7-11-16/h5-14H,3-4,15H2,1-2H3. The average Bonchev–Trinajstić information content (AvgIpc) is 3.23. The van der Waals surface area contributed by atoms with Crippen molar-refractivity contribution in [1.82, 2.24) is 18.9 Å². The summed E-state index contributed by atoms with van der Waals surface area (Å²) in [5.41, 5.74) is 1.31. The summed E-state index contributed by atoms with van der Waals surface area (Å²) in [5.74, 6) is -0.388. The fraction of sp³-hybridized carbons (Fsp3) is 0.217. The summed E-state index contributed by atoms with van der Waals surface area (Å²) in [4.78, 5) is 44.9. The second-order valence-electron chi connectivity index (χ2n) is 6.97. The molecule has 0 atom stereocenters. The SMILES string of the molecule is CCN(CC)C(=O)Cn1c(=O)n2cc(C(=O)c3ccccc3)nc2c2ccccc21. The number of benzene rings is 2. The van der Waals surface area contributed by atoms with E-state index in [1.165, 1.54) is 15.2 Å². The topological polar surface area (TPSA) is 76.7 Å². The third-order valence-electron chi connectivity index (χ3n) is 5.26. The minimum absolute atomic E-state index is 0.0723. The summed E-state index contributed by atoms with van der Waals surface area (Å²) < 4.78 is 2.80. The third-order valence-corrected chi connectivity index (χ3v) is 5.26. The van der Waals surface area contributed by atoms with E-state index in [2.05, 4.69) is 4.98 Å². The number of nitrogens with zero attached hydrogens (tertiary/aromatic N) is 4. The van der Waals surface area contributed by atoms with Gasteiger partial charge < -0.3 is 4.90 Å². The lowest BCUT2D eigenvalue weighted by molar-refractivity contribution is -0.131. The van der Waals surface area contributed by atoms with E-state index in [-0.39, 0.29) is 23.9 Å². The van der Waals surface area contributed by atoms with Crippen molar-refractivity contribution in [2.75, 3.05) is 13.1 Å². The van der Waals surface area contributed by atoms with E-state index in [1.54, 1.807) is 35.2 Å². The van der Waals surface area contributed by atoms with Crippen LogP contribution >= 0.6 is 0 Å². The van der Waals surface area contributed by atoms with Crippen LogP contribution in [0.15, 0.2) is 65.6 Å². The minimum Gasteiger partial charge on any atom is -0.342 e. The van der Waals surface area contributed by atoms with Crippen LogP contribution in [-0.4, -0.2) is 43.6 Å². The first kappa shape index (κ1) is 19.6. The summed E-state index contributed by atoms with van der Waals surface area (Å²) in [7, 11) is 0. The number of rotatable bonds is 6. The summed E-state index contributed by atoms with van der Waals surface area (Å²) in [6.07, 6.45) is 1.46. The Kier molecular flexibility index (Phi) is 5.18. The number of imidazole rings is 1. The Morgan fingerprint density at radius 3 is 2.33 bits per heavy atom. The van der Waals surface area contributed by atoms with Gasteiger partial charge in [0.2, 0.25) is 11.7 Å². The van der Waals surface area contributed by atoms with Crippen molar-refractivity contribution in [3.05, 3.63) is 82.5 Å². The molecule has 0 aliphatic heterocycles. The van der Waals surface area contributed by atoms with Gasteiger partial charge in [0.15, 0.2) is 5.65 Å². The van der Waals surface area contributed by atoms with Crippen molar-refractivity contribution in [1.29, 1.82) is 0 Å². The van der Waals surface area contributed by atoms with Crippen molar-refractivity contribution in [3.63, 3.8) is 0 Å². The number of aromatic nitrogens is 3. The average molecular weight is 402 g/mol. The van der Waals surface area contributed by atoms with Crippen molar-refractivity contribution in [2.24, 2.45) is 0 Å². The molecule has 0 fully saturated rings. The van der Waals surface area contributed by atoms with Crippen molar-refractivity contribution in [3.8, 4) is 0 Å². The lowest BCUT2D eigenvalue weighted by Crippen LogP contribution is -2.37. The van der Waals surface area contributed by atoms with Gasteiger partial charge in [-0.05, 0) is 26.0 Å². The van der Waals surface area contributed by atoms with Crippen LogP contribution < -0.4 is 5.69 Å². The Morgan fingerprint density at radius 1 is 0.967 bits per heavy atom. The largest absolute Gasteiger partial charge is 0.342 e. The molecule has 1 amide bonds. The molecule has 152 valence electrons. The summed E-state index contributed by atoms with van der Waals surface area (Å²) in [6, 6.07) is 16.1. The summed E-state index contributed by atoms with van der Waals surface area (Å²) in [5, 5.41) is 0.705. The highest BCUT2D eigenvalue weighted by molar-refractivity contribution is 6.08. The predicted octanol–water partition coefficient (Wildman–Crippen LogP) is 2.75. The maximum Gasteiger partial charge on any atom is 0.334 e. The van der Waals surface area contributed by atoms with Crippen LogP contribution in [0.4, 0.5) is 0 Å². The zero-order valence-electron chi connectivity index (χ0n) is 16.9. The van der Waals surface area contributed by atoms with Gasteiger partial charge >= 0.3 is 5.69 Å². The van der Waals surface area contributed by atoms with Gasteiger partial charge in [-0.25, -0.2) is 9.78 Å². The van der Waals surface area contributed by atoms with Crippen LogP contribution in [0.1, 0.15) is 29.9 Å². The fourth-order valence-electron chi connectivity index (χ4n) is 3.66. The normalized spacial score (nSPS) is 11.1. The van der Waals surface area contributed by atoms with Crippen molar-refractivity contribution in [2.45, 2.75) is 20.4 Å². The van der Waals surface area contributed by atoms with Gasteiger partial charge in [0, 0.05) is 30.2 Å². The number of amides is 1. The van der Waals surface area contributed by atoms with E-state index >= 15 is 0 Å². The summed E-state index contributed by atoms with van der Waals surface area (Å²) in [6.45, 7) is 4.89. The zero-order valence-corrected chi connectivity index (χ0v) is 16.9. The number of hydrogen-bond donors (Lipinski definition) is 0. The Labute approximate surface area is 173 Å². The van der Waals surface area contributed by atoms with Crippen molar-refractivity contribution < 1.29 is 9.59 Å². The second-order valence-corrected chi connectivity index (χ2v) is 6.97. The van der Waals surface area contributed by atoms with Crippen LogP contribution in [0.25, 0.3) is 16.6 Å². The molecule has 0 saturated heterocycles. The first-order chi connectivity index (χ1) is 14.5. The molecule has 0 radical (unpaired) electrons. The van der Waals surface area contributed by atoms with Gasteiger partial charge in [0.05, 0.1) is 5.52 Å². The first-order valence-corrected chi connectivity index (χ1v) is 9.93. The summed E-state index contributed by atoms with van der Waals surface area (Å²) >= 11 is 0. The van der Waals surface area contributed by atoms with Crippen LogP contribution in [0.2, 0.25) is 0 Å². The van der Waals surface area contributed by atoms with Gasteiger partial charge in [-0.15, -0.1) is 0 Å². The molecule has 7 nitrogen and oxygen atoms in total. The molecule has 0 aliphatic carbocycles. The molecule has 0 unspecified atom stereocenters. The van der Waals surface area contributed by atoms with E-state index < -0.39 is 5.69 Å². The Hall–Kier alpha value is -3.74. The minimum atomic E-state index is -0.399. The number of likely N-dealkylation sites (N-methyl/N-ethyl adjacent to an activating group) is 1. The molecule has 2 aromatic heterocycles. The van der Waals surface area contributed by atoms with Crippen LogP contribution in [0.5, 0.6) is 0 Å². The lowest BCUT2D eigenvalue weighted by atomic mass is 10.1. The lowest BCUT2D eigenvalue weighted by Gasteiger charge is -2.20. The highest BCUT2D eigenvalue weighted by atomic mass is 16.2. The number of hydrogen-bond acceptors (Lipinski definition) is 4. The van der Waals surface area contributed by atoms with Gasteiger partial charge in [-0.2, -0.15) is 0 Å². The van der Waals surface area contributed by atoms with Gasteiger partial charge in [0.25, 0.3) is 0 Å². The Balaban J connectivity index is 1.89. The number of ketones is 1. The first-order valence-electron chi connectivity index (χ1n) is 9.93. The number of fused-ring (bicyclic) bond motifs is 3. The van der Waals surface area contributed by atoms with Crippen LogP contribution in [-0.2, 0) is 11.3 Å². The Morgan fingerprint density at radius 2 is 1.63 bits per heavy atom. The molecule has 0 spiro atoms. The van der Waals surface area contributed by atoms with Crippen LogP contribution in [0.3, 0.4) is 0 Å². The predicted molar refractivity (Wildman–Crippen MR) is 115 cm³/mol. The number of carbonyl (C=O) groups is 2. The molecule has 0 saturated carbocycles. The highest BCUT2D eigenvalue weighted by Gasteiger charge is 2.20. The quantitative estimate of drug-likeness (QED) is 0.465. The molecule has 4 rings (SSSR count). The molecule has 0 aliphatic rings. The maximum absolute atomic E-state index is 13.3. The molecular weight excluding hydrogens is 380 g/mol. The monoisotopic (exact) mass is 402 g/mol. The van der Waals surface area contributed by atoms with Gasteiger partial charge in [-0.1, -0.05) is 42.5 Å². The van der Waals surface area contributed by atoms with E-state index in [9.17, 15) is 14.4 Å². The molecule has 2 aromatic carbocycles. The van der Waals surface area contributed by atoms with E-state index in [1.807, 2.05) is 38.1 Å². The molecule has 2 heterocycles. The Bertz CT molecular complexity index is 1300. The maximum atomic E-state index is 13.3. The van der Waals surface area contributed by atoms with E-state index in [0.717, 1.165) is 0 Å². The highest BCUT2D eigenvalue weighted by Crippen LogP contribution is 2.19. The molecule has 0 bridgehead atoms. The fourth-order valence-corrected chi connectivity index (χ4v) is 3.66.